The SMILES string of the molecule is CC(C)(C)OC(=O)CN(CC(O)c1ccc(Br)cc1)S(=O)[O-]. The second-order valence-corrected chi connectivity index (χ2v) is 7.56. The number of hydrogen-bond acceptors (Lipinski definition) is 5. The molecule has 1 rings (SSSR count). The van der Waals surface area contributed by atoms with Crippen LogP contribution in [0.3, 0.4) is 0 Å². The second kappa shape index (κ2) is 8.16. The highest BCUT2D eigenvalue weighted by Gasteiger charge is 2.21. The van der Waals surface area contributed by atoms with Gasteiger partial charge < -0.3 is 14.4 Å². The molecule has 0 aliphatic heterocycles. The van der Waals surface area contributed by atoms with Gasteiger partial charge in [0.2, 0.25) is 0 Å². The van der Waals surface area contributed by atoms with Crippen LogP contribution in [0.2, 0.25) is 0 Å². The lowest BCUT2D eigenvalue weighted by Gasteiger charge is -2.27. The van der Waals surface area contributed by atoms with Crippen LogP contribution in [0.5, 0.6) is 0 Å². The molecular formula is C14H19BrNO5S-. The maximum atomic E-state index is 11.7. The molecule has 6 nitrogen and oxygen atoms in total. The van der Waals surface area contributed by atoms with Gasteiger partial charge in [-0.3, -0.25) is 9.00 Å². The lowest BCUT2D eigenvalue weighted by atomic mass is 10.1. The maximum Gasteiger partial charge on any atom is 0.321 e. The third-order valence-corrected chi connectivity index (χ3v) is 3.80. The number of nitrogens with zero attached hydrogens (tertiary/aromatic N) is 1. The summed E-state index contributed by atoms with van der Waals surface area (Å²) < 4.78 is 29.2. The molecule has 0 spiro atoms. The summed E-state index contributed by atoms with van der Waals surface area (Å²) in [5, 5.41) is 10.1. The minimum Gasteiger partial charge on any atom is -0.760 e. The summed E-state index contributed by atoms with van der Waals surface area (Å²) in [5.41, 5.74) is -0.139. The van der Waals surface area contributed by atoms with E-state index < -0.39 is 35.5 Å². The Morgan fingerprint density at radius 1 is 1.41 bits per heavy atom. The quantitative estimate of drug-likeness (QED) is 0.589. The van der Waals surface area contributed by atoms with Crippen LogP contribution in [0, 0.1) is 0 Å². The van der Waals surface area contributed by atoms with Crippen LogP contribution in [-0.2, 0) is 20.8 Å². The molecule has 0 saturated heterocycles. The van der Waals surface area contributed by atoms with Crippen molar-refractivity contribution in [1.29, 1.82) is 0 Å². The molecule has 0 fully saturated rings. The van der Waals surface area contributed by atoms with Gasteiger partial charge in [-0.15, -0.1) is 0 Å². The van der Waals surface area contributed by atoms with E-state index in [2.05, 4.69) is 15.9 Å². The number of carbonyl (C=O) groups excluding carboxylic acids is 1. The van der Waals surface area contributed by atoms with E-state index in [4.69, 9.17) is 4.74 Å². The average molecular weight is 393 g/mol. The Kier molecular flexibility index (Phi) is 7.14. The summed E-state index contributed by atoms with van der Waals surface area (Å²) in [7, 11) is 0. The summed E-state index contributed by atoms with van der Waals surface area (Å²) in [6, 6.07) is 6.83. The second-order valence-electron chi connectivity index (χ2n) is 5.69. The van der Waals surface area contributed by atoms with Gasteiger partial charge in [0.1, 0.15) is 12.1 Å². The van der Waals surface area contributed by atoms with Crippen molar-refractivity contribution in [2.45, 2.75) is 32.5 Å². The first-order valence-electron chi connectivity index (χ1n) is 6.58. The first kappa shape index (κ1) is 19.2. The summed E-state index contributed by atoms with van der Waals surface area (Å²) in [6.45, 7) is 4.41. The van der Waals surface area contributed by atoms with Crippen molar-refractivity contribution in [2.24, 2.45) is 0 Å². The number of benzene rings is 1. The van der Waals surface area contributed by atoms with E-state index in [1.807, 2.05) is 0 Å². The minimum atomic E-state index is -2.64. The van der Waals surface area contributed by atoms with Crippen LogP contribution >= 0.6 is 15.9 Å². The fourth-order valence-electron chi connectivity index (χ4n) is 1.68. The molecule has 0 amide bonds. The van der Waals surface area contributed by atoms with E-state index in [1.54, 1.807) is 45.0 Å². The molecule has 2 atom stereocenters. The van der Waals surface area contributed by atoms with Gasteiger partial charge in [-0.25, -0.2) is 4.31 Å². The van der Waals surface area contributed by atoms with Crippen molar-refractivity contribution >= 4 is 33.2 Å². The Labute approximate surface area is 141 Å². The van der Waals surface area contributed by atoms with Crippen LogP contribution in [0.4, 0.5) is 0 Å². The van der Waals surface area contributed by atoms with Gasteiger partial charge in [0.05, 0.1) is 6.10 Å². The molecule has 2 unspecified atom stereocenters. The summed E-state index contributed by atoms with van der Waals surface area (Å²) in [6.07, 6.45) is -1.03. The van der Waals surface area contributed by atoms with E-state index in [0.717, 1.165) is 8.78 Å². The highest BCUT2D eigenvalue weighted by Crippen LogP contribution is 2.18. The highest BCUT2D eigenvalue weighted by molar-refractivity contribution is 9.10. The molecule has 0 heterocycles. The van der Waals surface area contributed by atoms with E-state index >= 15 is 0 Å². The van der Waals surface area contributed by atoms with Gasteiger partial charge in [-0.2, -0.15) is 0 Å². The van der Waals surface area contributed by atoms with Crippen LogP contribution < -0.4 is 0 Å². The van der Waals surface area contributed by atoms with Crippen LogP contribution in [0.25, 0.3) is 0 Å². The van der Waals surface area contributed by atoms with Gasteiger partial charge in [0, 0.05) is 22.3 Å². The molecule has 1 aromatic carbocycles. The zero-order chi connectivity index (χ0) is 16.9. The molecule has 0 aromatic heterocycles. The first-order valence-corrected chi connectivity index (χ1v) is 8.40. The molecule has 1 N–H and O–H groups in total. The van der Waals surface area contributed by atoms with Crippen LogP contribution in [0.1, 0.15) is 32.4 Å². The van der Waals surface area contributed by atoms with Gasteiger partial charge >= 0.3 is 5.97 Å². The topological polar surface area (TPSA) is 89.9 Å². The number of aliphatic hydroxyl groups is 1. The molecule has 22 heavy (non-hydrogen) atoms. The predicted molar refractivity (Wildman–Crippen MR) is 85.4 cm³/mol. The fourth-order valence-corrected chi connectivity index (χ4v) is 2.42. The fraction of sp³-hybridized carbons (Fsp3) is 0.500. The predicted octanol–water partition coefficient (Wildman–Crippen LogP) is 1.92. The van der Waals surface area contributed by atoms with Crippen LogP contribution in [0.15, 0.2) is 28.7 Å². The summed E-state index contributed by atoms with van der Waals surface area (Å²) in [5.74, 6) is -0.667. The third kappa shape index (κ3) is 6.97. The largest absolute Gasteiger partial charge is 0.760 e. The van der Waals surface area contributed by atoms with Crippen molar-refractivity contribution in [3.63, 3.8) is 0 Å². The number of ether oxygens (including phenoxy) is 1. The molecule has 1 aromatic rings. The Hall–Kier alpha value is -0.800. The average Bonchev–Trinajstić information content (AvgIpc) is 2.36. The Balaban J connectivity index is 2.70. The van der Waals surface area contributed by atoms with E-state index in [-0.39, 0.29) is 6.54 Å². The number of carbonyl (C=O) groups is 1. The molecular weight excluding hydrogens is 374 g/mol. The van der Waals surface area contributed by atoms with Gasteiger partial charge in [-0.1, -0.05) is 28.1 Å². The number of hydrogen-bond donors (Lipinski definition) is 1. The van der Waals surface area contributed by atoms with E-state index in [0.29, 0.717) is 5.56 Å². The van der Waals surface area contributed by atoms with Crippen molar-refractivity contribution in [3.05, 3.63) is 34.3 Å². The molecule has 124 valence electrons. The Morgan fingerprint density at radius 2 is 1.95 bits per heavy atom. The molecule has 0 aliphatic rings. The van der Waals surface area contributed by atoms with Crippen molar-refractivity contribution in [2.75, 3.05) is 13.1 Å². The number of aliphatic hydroxyl groups excluding tert-OH is 1. The number of halogens is 1. The van der Waals surface area contributed by atoms with Gasteiger partial charge in [-0.05, 0) is 38.5 Å². The molecule has 0 aliphatic carbocycles. The Bertz CT molecular complexity index is 529. The minimum absolute atomic E-state index is 0.225. The molecule has 0 bridgehead atoms. The van der Waals surface area contributed by atoms with Crippen LogP contribution in [-0.4, -0.2) is 42.8 Å². The van der Waals surface area contributed by atoms with E-state index in [9.17, 15) is 18.7 Å². The zero-order valence-electron chi connectivity index (χ0n) is 12.6. The summed E-state index contributed by atoms with van der Waals surface area (Å²) >= 11 is 0.640. The normalized spacial score (nSPS) is 14.7. The summed E-state index contributed by atoms with van der Waals surface area (Å²) in [4.78, 5) is 11.7. The number of esters is 1. The molecule has 8 heteroatoms. The maximum absolute atomic E-state index is 11.7. The van der Waals surface area contributed by atoms with Gasteiger partial charge in [0.15, 0.2) is 0 Å². The lowest BCUT2D eigenvalue weighted by Crippen LogP contribution is -2.38. The third-order valence-electron chi connectivity index (χ3n) is 2.57. The van der Waals surface area contributed by atoms with Crippen molar-refractivity contribution in [1.82, 2.24) is 4.31 Å². The zero-order valence-corrected chi connectivity index (χ0v) is 15.0. The highest BCUT2D eigenvalue weighted by atomic mass is 79.9. The Morgan fingerprint density at radius 3 is 2.41 bits per heavy atom. The van der Waals surface area contributed by atoms with Crippen molar-refractivity contribution in [3.8, 4) is 0 Å². The van der Waals surface area contributed by atoms with E-state index in [1.165, 1.54) is 0 Å². The van der Waals surface area contributed by atoms with Gasteiger partial charge in [0.25, 0.3) is 0 Å². The monoisotopic (exact) mass is 392 g/mol. The van der Waals surface area contributed by atoms with Crippen molar-refractivity contribution < 1.29 is 23.4 Å². The molecule has 0 saturated carbocycles. The number of rotatable bonds is 6. The lowest BCUT2D eigenvalue weighted by molar-refractivity contribution is -0.155. The first-order chi connectivity index (χ1) is 10.1. The molecule has 0 radical (unpaired) electrons. The standard InChI is InChI=1S/C14H20BrNO5S/c1-14(2,3)21-13(18)9-16(22(19)20)8-12(17)10-4-6-11(15)7-5-10/h4-7,12,17H,8-9H2,1-3H3,(H,19,20)/p-1. The smallest absolute Gasteiger partial charge is 0.321 e.